The van der Waals surface area contributed by atoms with Gasteiger partial charge in [0.25, 0.3) is 0 Å². The second kappa shape index (κ2) is 6.43. The Morgan fingerprint density at radius 1 is 1.43 bits per heavy atom. The lowest BCUT2D eigenvalue weighted by Gasteiger charge is -2.31. The third-order valence-electron chi connectivity index (χ3n) is 3.77. The summed E-state index contributed by atoms with van der Waals surface area (Å²) in [6, 6.07) is 3.33. The van der Waals surface area contributed by atoms with Gasteiger partial charge in [-0.25, -0.2) is 13.4 Å². The van der Waals surface area contributed by atoms with Crippen LogP contribution >= 0.6 is 0 Å². The van der Waals surface area contributed by atoms with Crippen molar-refractivity contribution < 1.29 is 17.9 Å². The van der Waals surface area contributed by atoms with Gasteiger partial charge in [0.15, 0.2) is 9.84 Å². The van der Waals surface area contributed by atoms with E-state index in [1.165, 1.54) is 14.0 Å². The highest BCUT2D eigenvalue weighted by Crippen LogP contribution is 2.22. The molecule has 0 spiro atoms. The Morgan fingerprint density at radius 2 is 2.10 bits per heavy atom. The summed E-state index contributed by atoms with van der Waals surface area (Å²) in [5.74, 6) is 0.398. The van der Waals surface area contributed by atoms with E-state index in [1.54, 1.807) is 23.2 Å². The number of hydrogen-bond acceptors (Lipinski definition) is 5. The Bertz CT molecular complexity index is 607. The van der Waals surface area contributed by atoms with Crippen molar-refractivity contribution in [2.75, 3.05) is 20.2 Å². The van der Waals surface area contributed by atoms with Crippen LogP contribution in [0.3, 0.4) is 0 Å². The van der Waals surface area contributed by atoms with Crippen molar-refractivity contribution in [3.63, 3.8) is 0 Å². The van der Waals surface area contributed by atoms with Crippen LogP contribution in [0.5, 0.6) is 5.88 Å². The molecule has 2 heterocycles. The highest BCUT2D eigenvalue weighted by molar-refractivity contribution is 7.91. The molecule has 2 rings (SSSR count). The Morgan fingerprint density at radius 3 is 2.67 bits per heavy atom. The van der Waals surface area contributed by atoms with E-state index in [-0.39, 0.29) is 16.9 Å². The molecule has 0 saturated carbocycles. The molecule has 116 valence electrons. The fourth-order valence-electron chi connectivity index (χ4n) is 2.53. The van der Waals surface area contributed by atoms with Crippen LogP contribution in [0.25, 0.3) is 0 Å². The SMILES string of the molecule is COc1cc(CS(=O)(=O)C2CCN(C(C)=O)CC2)ccn1. The largest absolute Gasteiger partial charge is 0.481 e. The van der Waals surface area contributed by atoms with Gasteiger partial charge in [0.2, 0.25) is 11.8 Å². The maximum absolute atomic E-state index is 12.5. The lowest BCUT2D eigenvalue weighted by atomic mass is 10.1. The summed E-state index contributed by atoms with van der Waals surface area (Å²) < 4.78 is 29.9. The molecular formula is C14H20N2O4S. The van der Waals surface area contributed by atoms with Crippen molar-refractivity contribution >= 4 is 15.7 Å². The standard InChI is InChI=1S/C14H20N2O4S/c1-11(17)16-7-4-13(5-8-16)21(18,19)10-12-3-6-15-14(9-12)20-2/h3,6,9,13H,4-5,7-8,10H2,1-2H3. The van der Waals surface area contributed by atoms with E-state index < -0.39 is 9.84 Å². The molecule has 7 heteroatoms. The molecule has 1 amide bonds. The monoisotopic (exact) mass is 312 g/mol. The van der Waals surface area contributed by atoms with E-state index in [1.807, 2.05) is 0 Å². The van der Waals surface area contributed by atoms with Crippen molar-refractivity contribution in [3.8, 4) is 5.88 Å². The smallest absolute Gasteiger partial charge is 0.219 e. The van der Waals surface area contributed by atoms with Gasteiger partial charge < -0.3 is 9.64 Å². The number of pyridine rings is 1. The van der Waals surface area contributed by atoms with Gasteiger partial charge in [-0.3, -0.25) is 4.79 Å². The molecule has 0 radical (unpaired) electrons. The first-order valence-electron chi connectivity index (χ1n) is 6.88. The van der Waals surface area contributed by atoms with Crippen LogP contribution < -0.4 is 4.74 Å². The Labute approximate surface area is 125 Å². The fourth-order valence-corrected chi connectivity index (χ4v) is 4.34. The summed E-state index contributed by atoms with van der Waals surface area (Å²) in [4.78, 5) is 16.9. The average molecular weight is 312 g/mol. The molecule has 1 fully saturated rings. The van der Waals surface area contributed by atoms with Crippen LogP contribution in [0.4, 0.5) is 0 Å². The lowest BCUT2D eigenvalue weighted by molar-refractivity contribution is -0.129. The van der Waals surface area contributed by atoms with E-state index in [9.17, 15) is 13.2 Å². The third kappa shape index (κ3) is 3.93. The maximum Gasteiger partial charge on any atom is 0.219 e. The minimum absolute atomic E-state index is 0.00437. The normalized spacial score (nSPS) is 16.8. The second-order valence-corrected chi connectivity index (χ2v) is 7.50. The van der Waals surface area contributed by atoms with Gasteiger partial charge in [0.1, 0.15) is 0 Å². The Balaban J connectivity index is 2.03. The lowest BCUT2D eigenvalue weighted by Crippen LogP contribution is -2.41. The summed E-state index contributed by atoms with van der Waals surface area (Å²) >= 11 is 0. The van der Waals surface area contributed by atoms with Gasteiger partial charge in [0, 0.05) is 32.3 Å². The molecule has 1 aliphatic rings. The molecule has 1 aliphatic heterocycles. The summed E-state index contributed by atoms with van der Waals surface area (Å²) in [5.41, 5.74) is 0.677. The van der Waals surface area contributed by atoms with Gasteiger partial charge in [-0.1, -0.05) is 0 Å². The van der Waals surface area contributed by atoms with Gasteiger partial charge in [-0.15, -0.1) is 0 Å². The topological polar surface area (TPSA) is 76.6 Å². The van der Waals surface area contributed by atoms with Gasteiger partial charge in [0.05, 0.1) is 18.1 Å². The molecule has 0 aromatic carbocycles. The van der Waals surface area contributed by atoms with Crippen LogP contribution in [-0.4, -0.2) is 49.7 Å². The van der Waals surface area contributed by atoms with Gasteiger partial charge in [-0.05, 0) is 24.5 Å². The number of rotatable bonds is 4. The minimum Gasteiger partial charge on any atom is -0.481 e. The first kappa shape index (κ1) is 15.8. The molecule has 0 aliphatic carbocycles. The predicted molar refractivity (Wildman–Crippen MR) is 78.7 cm³/mol. The zero-order chi connectivity index (χ0) is 15.5. The van der Waals surface area contributed by atoms with Crippen LogP contribution in [0.2, 0.25) is 0 Å². The molecule has 1 aromatic heterocycles. The second-order valence-electron chi connectivity index (χ2n) is 5.22. The highest BCUT2D eigenvalue weighted by atomic mass is 32.2. The minimum atomic E-state index is -3.23. The average Bonchev–Trinajstić information content (AvgIpc) is 2.47. The molecule has 1 saturated heterocycles. The number of sulfone groups is 1. The first-order valence-corrected chi connectivity index (χ1v) is 8.60. The van der Waals surface area contributed by atoms with Crippen LogP contribution in [0.1, 0.15) is 25.3 Å². The van der Waals surface area contributed by atoms with Crippen LogP contribution in [0.15, 0.2) is 18.3 Å². The van der Waals surface area contributed by atoms with E-state index in [0.29, 0.717) is 37.4 Å². The number of carbonyl (C=O) groups excluding carboxylic acids is 1. The predicted octanol–water partition coefficient (Wildman–Crippen LogP) is 1.02. The highest BCUT2D eigenvalue weighted by Gasteiger charge is 2.30. The van der Waals surface area contributed by atoms with Gasteiger partial charge >= 0.3 is 0 Å². The number of methoxy groups -OCH3 is 1. The van der Waals surface area contributed by atoms with Crippen molar-refractivity contribution in [1.29, 1.82) is 0 Å². The van der Waals surface area contributed by atoms with Crippen molar-refractivity contribution in [2.45, 2.75) is 30.8 Å². The number of likely N-dealkylation sites (tertiary alicyclic amines) is 1. The maximum atomic E-state index is 12.5. The summed E-state index contributed by atoms with van der Waals surface area (Å²) in [5, 5.41) is -0.382. The van der Waals surface area contributed by atoms with E-state index in [4.69, 9.17) is 4.74 Å². The number of amides is 1. The number of nitrogens with zero attached hydrogens (tertiary/aromatic N) is 2. The zero-order valence-electron chi connectivity index (χ0n) is 12.3. The van der Waals surface area contributed by atoms with Crippen LogP contribution in [0, 0.1) is 0 Å². The Kier molecular flexibility index (Phi) is 4.82. The summed E-state index contributed by atoms with van der Waals surface area (Å²) in [7, 11) is -1.73. The van der Waals surface area contributed by atoms with Crippen molar-refractivity contribution in [1.82, 2.24) is 9.88 Å². The molecule has 6 nitrogen and oxygen atoms in total. The molecule has 0 N–H and O–H groups in total. The third-order valence-corrected chi connectivity index (χ3v) is 5.99. The molecule has 21 heavy (non-hydrogen) atoms. The number of piperidine rings is 1. The molecule has 0 atom stereocenters. The first-order chi connectivity index (χ1) is 9.92. The van der Waals surface area contributed by atoms with E-state index in [2.05, 4.69) is 4.98 Å². The van der Waals surface area contributed by atoms with Crippen molar-refractivity contribution in [3.05, 3.63) is 23.9 Å². The zero-order valence-corrected chi connectivity index (χ0v) is 13.1. The fraction of sp³-hybridized carbons (Fsp3) is 0.571. The Hall–Kier alpha value is -1.63. The summed E-state index contributed by atoms with van der Waals surface area (Å²) in [6.07, 6.45) is 2.55. The number of ether oxygens (including phenoxy) is 1. The summed E-state index contributed by atoms with van der Waals surface area (Å²) in [6.45, 7) is 2.54. The van der Waals surface area contributed by atoms with Crippen LogP contribution in [-0.2, 0) is 20.4 Å². The number of aromatic nitrogens is 1. The molecule has 0 bridgehead atoms. The number of hydrogen-bond donors (Lipinski definition) is 0. The van der Waals surface area contributed by atoms with E-state index >= 15 is 0 Å². The molecule has 0 unspecified atom stereocenters. The molecule has 1 aromatic rings. The van der Waals surface area contributed by atoms with Crippen molar-refractivity contribution in [2.24, 2.45) is 0 Å². The van der Waals surface area contributed by atoms with E-state index in [0.717, 1.165) is 0 Å². The molecular weight excluding hydrogens is 292 g/mol. The number of carbonyl (C=O) groups is 1. The van der Waals surface area contributed by atoms with Gasteiger partial charge in [-0.2, -0.15) is 0 Å². The quantitative estimate of drug-likeness (QED) is 0.829.